The number of piperidine rings is 1. The average molecular weight is 370 g/mol. The van der Waals surface area contributed by atoms with Gasteiger partial charge in [0.15, 0.2) is 0 Å². The molecule has 0 radical (unpaired) electrons. The van der Waals surface area contributed by atoms with Gasteiger partial charge in [0.2, 0.25) is 15.9 Å². The molecule has 0 aliphatic carbocycles. The van der Waals surface area contributed by atoms with E-state index >= 15 is 0 Å². The number of para-hydroxylation sites is 1. The van der Waals surface area contributed by atoms with Gasteiger partial charge in [-0.1, -0.05) is 42.8 Å². The maximum Gasteiger partial charge on any atom is 0.245 e. The van der Waals surface area contributed by atoms with Gasteiger partial charge in [0.05, 0.1) is 4.90 Å². The van der Waals surface area contributed by atoms with E-state index in [2.05, 4.69) is 0 Å². The maximum absolute atomic E-state index is 13.3. The summed E-state index contributed by atoms with van der Waals surface area (Å²) in [6.45, 7) is 1.01. The molecule has 1 unspecified atom stereocenters. The molecule has 2 aromatic carbocycles. The third kappa shape index (κ3) is 2.93. The first-order chi connectivity index (χ1) is 12.6. The van der Waals surface area contributed by atoms with Crippen LogP contribution in [0.1, 0.15) is 24.8 Å². The van der Waals surface area contributed by atoms with E-state index in [4.69, 9.17) is 0 Å². The Kier molecular flexibility index (Phi) is 4.54. The van der Waals surface area contributed by atoms with Crippen LogP contribution in [-0.2, 0) is 21.2 Å². The van der Waals surface area contributed by atoms with Gasteiger partial charge in [0, 0.05) is 18.8 Å². The molecule has 0 spiro atoms. The van der Waals surface area contributed by atoms with E-state index in [-0.39, 0.29) is 10.8 Å². The molecule has 0 saturated carbocycles. The third-order valence-corrected chi connectivity index (χ3v) is 7.16. The Labute approximate surface area is 154 Å². The van der Waals surface area contributed by atoms with Crippen LogP contribution in [0.15, 0.2) is 59.5 Å². The Bertz CT molecular complexity index is 912. The van der Waals surface area contributed by atoms with Crippen molar-refractivity contribution >= 4 is 21.6 Å². The van der Waals surface area contributed by atoms with Gasteiger partial charge in [0.25, 0.3) is 0 Å². The van der Waals surface area contributed by atoms with Crippen LogP contribution in [0, 0.1) is 0 Å². The fraction of sp³-hybridized carbons (Fsp3) is 0.350. The first kappa shape index (κ1) is 17.2. The van der Waals surface area contributed by atoms with E-state index in [1.807, 2.05) is 24.3 Å². The third-order valence-electron chi connectivity index (χ3n) is 5.24. The molecule has 6 heteroatoms. The molecule has 1 amide bonds. The van der Waals surface area contributed by atoms with Gasteiger partial charge in [-0.05, 0) is 43.0 Å². The molecule has 5 nitrogen and oxygen atoms in total. The lowest BCUT2D eigenvalue weighted by Crippen LogP contribution is -2.52. The van der Waals surface area contributed by atoms with Crippen molar-refractivity contribution in [3.8, 4) is 0 Å². The molecule has 0 bridgehead atoms. The number of hydrogen-bond donors (Lipinski definition) is 0. The van der Waals surface area contributed by atoms with E-state index in [1.165, 1.54) is 4.31 Å². The normalized spacial score (nSPS) is 20.8. The topological polar surface area (TPSA) is 57.7 Å². The predicted molar refractivity (Wildman–Crippen MR) is 100 cm³/mol. The van der Waals surface area contributed by atoms with Crippen molar-refractivity contribution in [2.75, 3.05) is 18.0 Å². The molecule has 136 valence electrons. The number of fused-ring (bicyclic) bond motifs is 1. The zero-order valence-corrected chi connectivity index (χ0v) is 15.4. The highest BCUT2D eigenvalue weighted by Crippen LogP contribution is 2.32. The molecule has 0 N–H and O–H groups in total. The number of carbonyl (C=O) groups is 1. The van der Waals surface area contributed by atoms with E-state index in [9.17, 15) is 13.2 Å². The van der Waals surface area contributed by atoms with Gasteiger partial charge in [-0.3, -0.25) is 4.79 Å². The summed E-state index contributed by atoms with van der Waals surface area (Å²) in [7, 11) is -3.68. The highest BCUT2D eigenvalue weighted by Gasteiger charge is 2.40. The van der Waals surface area contributed by atoms with Crippen molar-refractivity contribution in [2.45, 2.75) is 36.6 Å². The second-order valence-corrected chi connectivity index (χ2v) is 8.70. The van der Waals surface area contributed by atoms with Gasteiger partial charge in [0.1, 0.15) is 6.04 Å². The van der Waals surface area contributed by atoms with Crippen molar-refractivity contribution < 1.29 is 13.2 Å². The van der Waals surface area contributed by atoms with Gasteiger partial charge in [-0.25, -0.2) is 8.42 Å². The number of carbonyl (C=O) groups excluding carboxylic acids is 1. The molecule has 1 atom stereocenters. The molecular weight excluding hydrogens is 348 g/mol. The van der Waals surface area contributed by atoms with E-state index in [0.717, 1.165) is 30.5 Å². The average Bonchev–Trinajstić information content (AvgIpc) is 3.12. The van der Waals surface area contributed by atoms with Crippen LogP contribution in [0.25, 0.3) is 0 Å². The molecule has 2 aliphatic heterocycles. The number of hydrogen-bond acceptors (Lipinski definition) is 3. The molecule has 1 fully saturated rings. The summed E-state index contributed by atoms with van der Waals surface area (Å²) in [4.78, 5) is 15.3. The van der Waals surface area contributed by atoms with Crippen LogP contribution in [0.4, 0.5) is 5.69 Å². The monoisotopic (exact) mass is 370 g/mol. The van der Waals surface area contributed by atoms with E-state index < -0.39 is 16.1 Å². The van der Waals surface area contributed by atoms with Crippen LogP contribution in [-0.4, -0.2) is 37.8 Å². The van der Waals surface area contributed by atoms with Gasteiger partial charge in [-0.2, -0.15) is 4.31 Å². The van der Waals surface area contributed by atoms with E-state index in [0.29, 0.717) is 19.5 Å². The Hall–Kier alpha value is -2.18. The Balaban J connectivity index is 1.65. The minimum Gasteiger partial charge on any atom is -0.310 e. The van der Waals surface area contributed by atoms with Crippen molar-refractivity contribution in [1.82, 2.24) is 4.31 Å². The van der Waals surface area contributed by atoms with Crippen LogP contribution >= 0.6 is 0 Å². The summed E-state index contributed by atoms with van der Waals surface area (Å²) >= 11 is 0. The predicted octanol–water partition coefficient (Wildman–Crippen LogP) is 2.82. The van der Waals surface area contributed by atoms with Gasteiger partial charge in [-0.15, -0.1) is 0 Å². The number of rotatable bonds is 3. The number of anilines is 1. The second-order valence-electron chi connectivity index (χ2n) is 6.81. The van der Waals surface area contributed by atoms with Crippen LogP contribution < -0.4 is 4.90 Å². The lowest BCUT2D eigenvalue weighted by Gasteiger charge is -2.36. The van der Waals surface area contributed by atoms with Crippen molar-refractivity contribution in [3.63, 3.8) is 0 Å². The first-order valence-corrected chi connectivity index (χ1v) is 10.5. The smallest absolute Gasteiger partial charge is 0.245 e. The molecule has 2 heterocycles. The molecule has 26 heavy (non-hydrogen) atoms. The number of benzene rings is 2. The molecule has 1 saturated heterocycles. The summed E-state index contributed by atoms with van der Waals surface area (Å²) in [6.07, 6.45) is 3.04. The summed E-state index contributed by atoms with van der Waals surface area (Å²) in [6, 6.07) is 15.6. The van der Waals surface area contributed by atoms with Crippen LogP contribution in [0.3, 0.4) is 0 Å². The van der Waals surface area contributed by atoms with Gasteiger partial charge >= 0.3 is 0 Å². The maximum atomic E-state index is 13.3. The number of amides is 1. The number of sulfonamides is 1. The summed E-state index contributed by atoms with van der Waals surface area (Å²) in [5, 5.41) is 0. The second kappa shape index (κ2) is 6.85. The zero-order chi connectivity index (χ0) is 18.1. The standard InChI is InChI=1S/C20H22N2O3S/c23-20(21-15-13-16-8-4-5-11-18(16)21)19-12-6-7-14-22(19)26(24,25)17-9-2-1-3-10-17/h1-5,8-11,19H,6-7,12-15H2. The molecule has 4 rings (SSSR count). The minimum absolute atomic E-state index is 0.103. The summed E-state index contributed by atoms with van der Waals surface area (Å²) in [5.74, 6) is -0.103. The van der Waals surface area contributed by atoms with Crippen molar-refractivity contribution in [2.24, 2.45) is 0 Å². The minimum atomic E-state index is -3.68. The number of nitrogens with zero attached hydrogens (tertiary/aromatic N) is 2. The Morgan fingerprint density at radius 2 is 1.65 bits per heavy atom. The van der Waals surface area contributed by atoms with Gasteiger partial charge < -0.3 is 4.90 Å². The highest BCUT2D eigenvalue weighted by molar-refractivity contribution is 7.89. The largest absolute Gasteiger partial charge is 0.310 e. The summed E-state index contributed by atoms with van der Waals surface area (Å²) in [5.41, 5.74) is 2.06. The van der Waals surface area contributed by atoms with Crippen molar-refractivity contribution in [3.05, 3.63) is 60.2 Å². The molecule has 2 aromatic rings. The van der Waals surface area contributed by atoms with E-state index in [1.54, 1.807) is 35.2 Å². The highest BCUT2D eigenvalue weighted by atomic mass is 32.2. The Morgan fingerprint density at radius 3 is 2.46 bits per heavy atom. The lowest BCUT2D eigenvalue weighted by molar-refractivity contribution is -0.123. The lowest BCUT2D eigenvalue weighted by atomic mass is 10.0. The molecule has 2 aliphatic rings. The fourth-order valence-corrected chi connectivity index (χ4v) is 5.59. The molecule has 0 aromatic heterocycles. The Morgan fingerprint density at radius 1 is 0.923 bits per heavy atom. The summed E-state index contributed by atoms with van der Waals surface area (Å²) < 4.78 is 27.6. The quantitative estimate of drug-likeness (QED) is 0.835. The van der Waals surface area contributed by atoms with Crippen LogP contribution in [0.2, 0.25) is 0 Å². The van der Waals surface area contributed by atoms with Crippen LogP contribution in [0.5, 0.6) is 0 Å². The SMILES string of the molecule is O=C(C1CCCCN1S(=O)(=O)c1ccccc1)N1CCc2ccccc21. The zero-order valence-electron chi connectivity index (χ0n) is 14.5. The first-order valence-electron chi connectivity index (χ1n) is 9.05. The van der Waals surface area contributed by atoms with Crippen molar-refractivity contribution in [1.29, 1.82) is 0 Å². The molecular formula is C20H22N2O3S. The fourth-order valence-electron chi connectivity index (χ4n) is 3.91.